The number of phosphoric acid groups is 2. The molecule has 1 saturated carbocycles. The van der Waals surface area contributed by atoms with E-state index in [0.717, 1.165) is 64.2 Å². The van der Waals surface area contributed by atoms with Crippen molar-refractivity contribution in [3.8, 4) is 0 Å². The third-order valence-electron chi connectivity index (χ3n) is 10.6. The van der Waals surface area contributed by atoms with E-state index in [2.05, 4.69) is 73.1 Å². The minimum atomic E-state index is -5.39. The second kappa shape index (κ2) is 38.8. The zero-order valence-electron chi connectivity index (χ0n) is 40.1. The van der Waals surface area contributed by atoms with Gasteiger partial charge in [0.2, 0.25) is 0 Å². The zero-order valence-corrected chi connectivity index (χ0v) is 41.9. The number of carbonyl (C=O) groups excluding carboxylic acids is 2. The summed E-state index contributed by atoms with van der Waals surface area (Å²) in [4.78, 5) is 54.3. The Kier molecular flexibility index (Phi) is 36.1. The van der Waals surface area contributed by atoms with Crippen LogP contribution in [-0.4, -0.2) is 114 Å². The van der Waals surface area contributed by atoms with Crippen LogP contribution < -0.4 is 0 Å². The van der Waals surface area contributed by atoms with E-state index >= 15 is 0 Å². The Morgan fingerprint density at radius 2 is 1.07 bits per heavy atom. The van der Waals surface area contributed by atoms with Gasteiger partial charge in [-0.05, 0) is 70.6 Å². The summed E-state index contributed by atoms with van der Waals surface area (Å²) in [6.45, 7) is 2.77. The van der Waals surface area contributed by atoms with Crippen LogP contribution >= 0.6 is 15.6 Å². The lowest BCUT2D eigenvalue weighted by Gasteiger charge is -2.43. The van der Waals surface area contributed by atoms with E-state index in [-0.39, 0.29) is 19.3 Å². The average molecular weight is 1010 g/mol. The Bertz CT molecular complexity index is 1650. The maximum Gasteiger partial charge on any atom is 0.472 e. The second-order valence-electron chi connectivity index (χ2n) is 16.6. The smallest absolute Gasteiger partial charge is 0.462 e. The maximum atomic E-state index is 13.0. The van der Waals surface area contributed by atoms with Crippen LogP contribution in [0.2, 0.25) is 0 Å². The number of aliphatic hydroxyl groups is 5. The summed E-state index contributed by atoms with van der Waals surface area (Å²) >= 11 is 0. The van der Waals surface area contributed by atoms with Crippen LogP contribution in [0.15, 0.2) is 85.1 Å². The maximum absolute atomic E-state index is 13.0. The number of ether oxygens (including phenoxy) is 2. The molecule has 1 aliphatic rings. The lowest BCUT2D eigenvalue weighted by molar-refractivity contribution is -0.216. The van der Waals surface area contributed by atoms with Crippen molar-refractivity contribution in [2.75, 3.05) is 13.2 Å². The molecular weight excluding hydrogens is 922 g/mol. The minimum Gasteiger partial charge on any atom is -0.462 e. The Morgan fingerprint density at radius 3 is 1.63 bits per heavy atom. The van der Waals surface area contributed by atoms with Crippen molar-refractivity contribution in [1.82, 2.24) is 0 Å². The van der Waals surface area contributed by atoms with Gasteiger partial charge in [0, 0.05) is 12.8 Å². The average Bonchev–Trinajstić information content (AvgIpc) is 3.29. The van der Waals surface area contributed by atoms with Crippen molar-refractivity contribution in [2.24, 2.45) is 0 Å². The molecular formula is C49H82O17P2. The molecule has 0 aromatic carbocycles. The van der Waals surface area contributed by atoms with Gasteiger partial charge in [-0.1, -0.05) is 150 Å². The molecule has 0 aromatic heterocycles. The van der Waals surface area contributed by atoms with Crippen LogP contribution in [0.4, 0.5) is 0 Å². The van der Waals surface area contributed by atoms with E-state index in [0.29, 0.717) is 12.8 Å². The van der Waals surface area contributed by atoms with E-state index in [1.54, 1.807) is 12.2 Å². The topological polar surface area (TPSA) is 276 Å². The molecule has 19 heteroatoms. The van der Waals surface area contributed by atoms with E-state index in [4.69, 9.17) is 18.5 Å². The first kappa shape index (κ1) is 63.2. The van der Waals surface area contributed by atoms with Gasteiger partial charge in [0.15, 0.2) is 6.10 Å². The van der Waals surface area contributed by atoms with E-state index in [9.17, 15) is 58.9 Å². The second-order valence-corrected chi connectivity index (χ2v) is 19.2. The Hall–Kier alpha value is -2.86. The Labute approximate surface area is 404 Å². The Balaban J connectivity index is 2.69. The number of esters is 2. The summed E-state index contributed by atoms with van der Waals surface area (Å²) in [5, 5.41) is 51.6. The summed E-state index contributed by atoms with van der Waals surface area (Å²) in [5.41, 5.74) is 0. The summed E-state index contributed by atoms with van der Waals surface area (Å²) in [6, 6.07) is 0. The fourth-order valence-corrected chi connectivity index (χ4v) is 8.32. The van der Waals surface area contributed by atoms with Gasteiger partial charge in [-0.3, -0.25) is 23.2 Å². The number of rotatable bonds is 39. The molecule has 0 heterocycles. The van der Waals surface area contributed by atoms with Gasteiger partial charge in [0.25, 0.3) is 0 Å². The van der Waals surface area contributed by atoms with Crippen LogP contribution in [0.5, 0.6) is 0 Å². The molecule has 8 N–H and O–H groups in total. The zero-order chi connectivity index (χ0) is 50.5. The molecule has 0 saturated heterocycles. The lowest BCUT2D eigenvalue weighted by atomic mass is 9.85. The van der Waals surface area contributed by atoms with Crippen LogP contribution in [0.25, 0.3) is 0 Å². The number of aliphatic hydroxyl groups excluding tert-OH is 5. The molecule has 68 heavy (non-hydrogen) atoms. The van der Waals surface area contributed by atoms with E-state index in [1.165, 1.54) is 44.6 Å². The summed E-state index contributed by atoms with van der Waals surface area (Å²) in [5.74, 6) is -1.50. The predicted molar refractivity (Wildman–Crippen MR) is 261 cm³/mol. The number of phosphoric ester groups is 2. The minimum absolute atomic E-state index is 0.00449. The highest BCUT2D eigenvalue weighted by molar-refractivity contribution is 7.47. The molecule has 1 fully saturated rings. The van der Waals surface area contributed by atoms with Crippen LogP contribution in [0, 0.1) is 0 Å². The van der Waals surface area contributed by atoms with Gasteiger partial charge in [-0.25, -0.2) is 9.13 Å². The number of carbonyl (C=O) groups is 2. The van der Waals surface area contributed by atoms with Crippen molar-refractivity contribution < 1.29 is 82.0 Å². The van der Waals surface area contributed by atoms with Crippen LogP contribution in [0.3, 0.4) is 0 Å². The summed E-state index contributed by atoms with van der Waals surface area (Å²) in [6.07, 6.45) is 30.0. The number of allylic oxidation sites excluding steroid dienone is 13. The normalized spacial score (nSPS) is 22.4. The standard InChI is InChI=1S/C49H82O17P2/c1-3-5-7-9-11-13-15-17-19-21-22-24-26-28-30-32-34-40(50)36-37-42(51)62-38-41(64-43(52)35-33-31-29-27-25-23-20-18-16-14-12-10-8-6-4-2)39-63-68(60,61)66-49-46(55)44(53)45(54)48(47(49)56)65-67(57,58)59/h5,7,11,13,17-20,22,24,28,30,32,34,40-41,44-50,53-56H,3-4,6,8-10,12,14-16,21,23,25-27,29,31,33,35-39H2,1-2H3,(H,60,61)(H2,57,58,59)/b7-5-,13-11-,19-17-,20-18-,24-22-,30-28-,34-32-/t40?,41-,44?,45?,46?,47?,48-,49+/m1/s1. The monoisotopic (exact) mass is 1000 g/mol. The molecule has 0 aliphatic heterocycles. The van der Waals surface area contributed by atoms with Gasteiger partial charge >= 0.3 is 27.6 Å². The highest BCUT2D eigenvalue weighted by atomic mass is 31.2. The molecule has 0 bridgehead atoms. The predicted octanol–water partition coefficient (Wildman–Crippen LogP) is 8.36. The molecule has 0 spiro atoms. The molecule has 0 aromatic rings. The van der Waals surface area contributed by atoms with Gasteiger partial charge in [-0.2, -0.15) is 0 Å². The summed E-state index contributed by atoms with van der Waals surface area (Å²) in [7, 11) is -10.8. The van der Waals surface area contributed by atoms with Gasteiger partial charge < -0.3 is 49.7 Å². The number of unbranched alkanes of at least 4 members (excludes halogenated alkanes) is 11. The first-order valence-corrected chi connectivity index (χ1v) is 27.3. The fourth-order valence-electron chi connectivity index (χ4n) is 6.78. The highest BCUT2D eigenvalue weighted by Gasteiger charge is 2.54. The molecule has 0 radical (unpaired) electrons. The molecule has 17 nitrogen and oxygen atoms in total. The Morgan fingerprint density at radius 1 is 0.559 bits per heavy atom. The third kappa shape index (κ3) is 32.9. The van der Waals surface area contributed by atoms with Gasteiger partial charge in [-0.15, -0.1) is 0 Å². The largest absolute Gasteiger partial charge is 0.472 e. The van der Waals surface area contributed by atoms with Crippen molar-refractivity contribution >= 4 is 27.6 Å². The van der Waals surface area contributed by atoms with Crippen LogP contribution in [0.1, 0.15) is 149 Å². The van der Waals surface area contributed by atoms with E-state index < -0.39 is 89.6 Å². The molecule has 9 atom stereocenters. The fraction of sp³-hybridized carbons (Fsp3) is 0.673. The highest BCUT2D eigenvalue weighted by Crippen LogP contribution is 2.49. The SMILES string of the molecule is CC/C=C\C/C=C\C/C=C\C/C=C\C/C=C\C=C/C(O)CCC(=O)OC[C@H](COP(=O)(O)O[C@H]1C(O)C(O)C(O)[C@@H](OP(=O)(O)O)C1O)OC(=O)CCCCCCC/C=C\CCCCCCCC. The molecule has 1 rings (SSSR count). The lowest BCUT2D eigenvalue weighted by Crippen LogP contribution is -2.64. The van der Waals surface area contributed by atoms with Crippen molar-refractivity contribution in [3.05, 3.63) is 85.1 Å². The van der Waals surface area contributed by atoms with Gasteiger partial charge in [0.05, 0.1) is 12.7 Å². The first-order valence-electron chi connectivity index (χ1n) is 24.2. The molecule has 390 valence electrons. The number of hydrogen-bond donors (Lipinski definition) is 8. The molecule has 1 aliphatic carbocycles. The van der Waals surface area contributed by atoms with E-state index in [1.807, 2.05) is 12.2 Å². The quantitative estimate of drug-likeness (QED) is 0.00944. The van der Waals surface area contributed by atoms with Crippen molar-refractivity contribution in [3.63, 3.8) is 0 Å². The molecule has 0 amide bonds. The van der Waals surface area contributed by atoms with Crippen molar-refractivity contribution in [2.45, 2.75) is 198 Å². The third-order valence-corrected chi connectivity index (χ3v) is 12.1. The van der Waals surface area contributed by atoms with Crippen molar-refractivity contribution in [1.29, 1.82) is 0 Å². The molecule has 6 unspecified atom stereocenters. The van der Waals surface area contributed by atoms with Gasteiger partial charge in [0.1, 0.15) is 43.2 Å². The number of hydrogen-bond acceptors (Lipinski definition) is 14. The first-order chi connectivity index (χ1) is 32.5. The van der Waals surface area contributed by atoms with Crippen LogP contribution in [-0.2, 0) is 41.8 Å². The summed E-state index contributed by atoms with van der Waals surface area (Å²) < 4.78 is 49.2.